The molecule has 3 rings (SSSR count). The Bertz CT molecular complexity index is 845. The minimum absolute atomic E-state index is 0.0396. The maximum absolute atomic E-state index is 12.5. The quantitative estimate of drug-likeness (QED) is 0.775. The molecule has 29 heavy (non-hydrogen) atoms. The monoisotopic (exact) mass is 395 g/mol. The highest BCUT2D eigenvalue weighted by molar-refractivity contribution is 5.96. The average molecular weight is 396 g/mol. The van der Waals surface area contributed by atoms with Crippen molar-refractivity contribution in [3.63, 3.8) is 0 Å². The molecule has 2 aromatic rings. The number of nitrogens with zero attached hydrogens (tertiary/aromatic N) is 1. The fourth-order valence-corrected chi connectivity index (χ4v) is 3.65. The number of hydrogen-bond acceptors (Lipinski definition) is 3. The third-order valence-corrected chi connectivity index (χ3v) is 5.48. The van der Waals surface area contributed by atoms with Crippen molar-refractivity contribution in [2.45, 2.75) is 26.2 Å². The van der Waals surface area contributed by atoms with Crippen molar-refractivity contribution in [2.75, 3.05) is 32.1 Å². The Morgan fingerprint density at radius 1 is 1.07 bits per heavy atom. The van der Waals surface area contributed by atoms with Crippen LogP contribution in [0.15, 0.2) is 48.5 Å². The molecular weight excluding hydrogens is 366 g/mol. The largest absolute Gasteiger partial charge is 0.496 e. The summed E-state index contributed by atoms with van der Waals surface area (Å²) < 4.78 is 5.24. The average Bonchev–Trinajstić information content (AvgIpc) is 2.75. The van der Waals surface area contributed by atoms with Crippen LogP contribution in [-0.4, -0.2) is 43.6 Å². The van der Waals surface area contributed by atoms with E-state index < -0.39 is 0 Å². The van der Waals surface area contributed by atoms with Gasteiger partial charge in [0.15, 0.2) is 0 Å². The van der Waals surface area contributed by atoms with Crippen LogP contribution in [-0.2, 0) is 0 Å². The molecule has 0 atom stereocenters. The number of anilines is 1. The molecule has 1 aliphatic rings. The molecule has 1 saturated heterocycles. The molecule has 0 spiro atoms. The van der Waals surface area contributed by atoms with Gasteiger partial charge in [0, 0.05) is 25.3 Å². The molecule has 0 radical (unpaired) electrons. The Hall–Kier alpha value is -3.02. The van der Waals surface area contributed by atoms with Gasteiger partial charge in [-0.2, -0.15) is 0 Å². The number of methoxy groups -OCH3 is 1. The molecule has 6 nitrogen and oxygen atoms in total. The predicted molar refractivity (Wildman–Crippen MR) is 114 cm³/mol. The number of piperidine rings is 1. The SMILES string of the molecule is COc1ccccc1C(=O)NCCC1CCN(C(=O)Nc2ccccc2C)CC1. The molecule has 0 aliphatic carbocycles. The summed E-state index contributed by atoms with van der Waals surface area (Å²) in [5.74, 6) is 0.978. The molecule has 1 fully saturated rings. The van der Waals surface area contributed by atoms with Crippen molar-refractivity contribution in [1.29, 1.82) is 0 Å². The van der Waals surface area contributed by atoms with Crippen LogP contribution < -0.4 is 15.4 Å². The molecule has 2 aromatic carbocycles. The maximum Gasteiger partial charge on any atom is 0.321 e. The molecule has 1 heterocycles. The number of aryl methyl sites for hydroxylation is 1. The third kappa shape index (κ3) is 5.50. The van der Waals surface area contributed by atoms with Gasteiger partial charge in [0.25, 0.3) is 5.91 Å². The number of carbonyl (C=O) groups excluding carboxylic acids is 2. The van der Waals surface area contributed by atoms with E-state index in [-0.39, 0.29) is 11.9 Å². The van der Waals surface area contributed by atoms with Crippen molar-refractivity contribution < 1.29 is 14.3 Å². The summed E-state index contributed by atoms with van der Waals surface area (Å²) >= 11 is 0. The highest BCUT2D eigenvalue weighted by Gasteiger charge is 2.23. The Kier molecular flexibility index (Phi) is 7.11. The van der Waals surface area contributed by atoms with E-state index >= 15 is 0 Å². The van der Waals surface area contributed by atoms with E-state index in [0.29, 0.717) is 23.8 Å². The number of para-hydroxylation sites is 2. The van der Waals surface area contributed by atoms with Gasteiger partial charge in [0.05, 0.1) is 12.7 Å². The number of ether oxygens (including phenoxy) is 1. The number of nitrogens with one attached hydrogen (secondary N) is 2. The van der Waals surface area contributed by atoms with Crippen molar-refractivity contribution >= 4 is 17.6 Å². The van der Waals surface area contributed by atoms with Crippen LogP contribution in [0.1, 0.15) is 35.2 Å². The lowest BCUT2D eigenvalue weighted by Gasteiger charge is -2.32. The lowest BCUT2D eigenvalue weighted by Crippen LogP contribution is -2.41. The van der Waals surface area contributed by atoms with Crippen molar-refractivity contribution in [3.05, 3.63) is 59.7 Å². The summed E-state index contributed by atoms with van der Waals surface area (Å²) in [6.07, 6.45) is 2.81. The number of urea groups is 1. The van der Waals surface area contributed by atoms with Crippen LogP contribution in [0, 0.1) is 12.8 Å². The van der Waals surface area contributed by atoms with Gasteiger partial charge in [0.1, 0.15) is 5.75 Å². The standard InChI is InChI=1S/C23H29N3O3/c1-17-7-3-5-9-20(17)25-23(28)26-15-12-18(13-16-26)11-14-24-22(27)19-8-4-6-10-21(19)29-2/h3-10,18H,11-16H2,1-2H3,(H,24,27)(H,25,28). The molecule has 0 saturated carbocycles. The Balaban J connectivity index is 1.40. The van der Waals surface area contributed by atoms with Gasteiger partial charge in [-0.25, -0.2) is 4.79 Å². The summed E-state index contributed by atoms with van der Waals surface area (Å²) in [6.45, 7) is 4.09. The van der Waals surface area contributed by atoms with Gasteiger partial charge in [-0.3, -0.25) is 4.79 Å². The lowest BCUT2D eigenvalue weighted by atomic mass is 9.93. The normalized spacial score (nSPS) is 14.3. The minimum atomic E-state index is -0.113. The Morgan fingerprint density at radius 2 is 1.76 bits per heavy atom. The summed E-state index contributed by atoms with van der Waals surface area (Å²) in [5.41, 5.74) is 2.47. The highest BCUT2D eigenvalue weighted by atomic mass is 16.5. The van der Waals surface area contributed by atoms with Gasteiger partial charge >= 0.3 is 6.03 Å². The molecule has 0 bridgehead atoms. The van der Waals surface area contributed by atoms with Gasteiger partial charge in [0.2, 0.25) is 0 Å². The van der Waals surface area contributed by atoms with E-state index in [0.717, 1.165) is 43.6 Å². The van der Waals surface area contributed by atoms with Crippen LogP contribution in [0.3, 0.4) is 0 Å². The number of benzene rings is 2. The van der Waals surface area contributed by atoms with Gasteiger partial charge < -0.3 is 20.3 Å². The number of likely N-dealkylation sites (tertiary alicyclic amines) is 1. The number of amides is 3. The predicted octanol–water partition coefficient (Wildman–Crippen LogP) is 4.07. The number of rotatable bonds is 6. The summed E-state index contributed by atoms with van der Waals surface area (Å²) in [4.78, 5) is 26.7. The fourth-order valence-electron chi connectivity index (χ4n) is 3.65. The van der Waals surface area contributed by atoms with E-state index in [1.165, 1.54) is 0 Å². The highest BCUT2D eigenvalue weighted by Crippen LogP contribution is 2.22. The molecule has 2 N–H and O–H groups in total. The van der Waals surface area contributed by atoms with Gasteiger partial charge in [-0.15, -0.1) is 0 Å². The van der Waals surface area contributed by atoms with E-state index in [2.05, 4.69) is 10.6 Å². The smallest absolute Gasteiger partial charge is 0.321 e. The topological polar surface area (TPSA) is 70.7 Å². The summed E-state index contributed by atoms with van der Waals surface area (Å²) in [5, 5.41) is 5.98. The molecule has 6 heteroatoms. The molecule has 1 aliphatic heterocycles. The molecule has 0 unspecified atom stereocenters. The zero-order valence-electron chi connectivity index (χ0n) is 17.1. The van der Waals surface area contributed by atoms with Crippen LogP contribution in [0.4, 0.5) is 10.5 Å². The molecule has 0 aromatic heterocycles. The Labute approximate surface area is 172 Å². The van der Waals surface area contributed by atoms with Gasteiger partial charge in [-0.1, -0.05) is 30.3 Å². The second-order valence-corrected chi connectivity index (χ2v) is 7.42. The van der Waals surface area contributed by atoms with Crippen LogP contribution >= 0.6 is 0 Å². The van der Waals surface area contributed by atoms with Crippen molar-refractivity contribution in [1.82, 2.24) is 10.2 Å². The maximum atomic E-state index is 12.5. The van der Waals surface area contributed by atoms with E-state index in [1.807, 2.05) is 48.2 Å². The first-order chi connectivity index (χ1) is 14.1. The zero-order chi connectivity index (χ0) is 20.6. The van der Waals surface area contributed by atoms with Crippen LogP contribution in [0.5, 0.6) is 5.75 Å². The Morgan fingerprint density at radius 3 is 2.48 bits per heavy atom. The molecule has 3 amide bonds. The number of hydrogen-bond donors (Lipinski definition) is 2. The lowest BCUT2D eigenvalue weighted by molar-refractivity contribution is 0.0946. The second kappa shape index (κ2) is 9.96. The van der Waals surface area contributed by atoms with Crippen molar-refractivity contribution in [3.8, 4) is 5.75 Å². The van der Waals surface area contributed by atoms with Crippen LogP contribution in [0.25, 0.3) is 0 Å². The first-order valence-electron chi connectivity index (χ1n) is 10.1. The van der Waals surface area contributed by atoms with E-state index in [4.69, 9.17) is 4.74 Å². The zero-order valence-corrected chi connectivity index (χ0v) is 17.1. The third-order valence-electron chi connectivity index (χ3n) is 5.48. The molecule has 154 valence electrons. The van der Waals surface area contributed by atoms with Crippen molar-refractivity contribution in [2.24, 2.45) is 5.92 Å². The van der Waals surface area contributed by atoms with Crippen LogP contribution in [0.2, 0.25) is 0 Å². The first-order valence-corrected chi connectivity index (χ1v) is 10.1. The first kappa shape index (κ1) is 20.7. The second-order valence-electron chi connectivity index (χ2n) is 7.42. The van der Waals surface area contributed by atoms with E-state index in [9.17, 15) is 9.59 Å². The minimum Gasteiger partial charge on any atom is -0.496 e. The summed E-state index contributed by atoms with van der Waals surface area (Å²) in [7, 11) is 1.56. The van der Waals surface area contributed by atoms with E-state index in [1.54, 1.807) is 19.2 Å². The van der Waals surface area contributed by atoms with Gasteiger partial charge in [-0.05, 0) is 55.9 Å². The summed E-state index contributed by atoms with van der Waals surface area (Å²) in [6, 6.07) is 15.0. The molecular formula is C23H29N3O3. The fraction of sp³-hybridized carbons (Fsp3) is 0.391. The number of carbonyl (C=O) groups is 2.